The second-order valence-corrected chi connectivity index (χ2v) is 8.48. The Morgan fingerprint density at radius 3 is 2.65 bits per heavy atom. The fourth-order valence-corrected chi connectivity index (χ4v) is 4.14. The minimum atomic E-state index is -0.158. The predicted molar refractivity (Wildman–Crippen MR) is 118 cm³/mol. The molecule has 0 atom stereocenters. The normalized spacial score (nSPS) is 16.5. The zero-order valence-electron chi connectivity index (χ0n) is 16.9. The highest BCUT2D eigenvalue weighted by molar-refractivity contribution is 6.32. The van der Waals surface area contributed by atoms with Gasteiger partial charge in [0.05, 0.1) is 29.7 Å². The first-order chi connectivity index (χ1) is 15.0. The molecule has 3 heterocycles. The Kier molecular flexibility index (Phi) is 6.83. The van der Waals surface area contributed by atoms with E-state index in [2.05, 4.69) is 10.3 Å². The van der Waals surface area contributed by atoms with Crippen molar-refractivity contribution in [3.8, 4) is 11.5 Å². The number of halogens is 2. The van der Waals surface area contributed by atoms with Crippen molar-refractivity contribution in [2.75, 3.05) is 31.6 Å². The minimum Gasteiger partial charge on any atom is -0.489 e. The van der Waals surface area contributed by atoms with Crippen LogP contribution < -0.4 is 14.8 Å². The van der Waals surface area contributed by atoms with Gasteiger partial charge in [-0.25, -0.2) is 4.98 Å². The van der Waals surface area contributed by atoms with Crippen molar-refractivity contribution in [3.05, 3.63) is 46.1 Å². The smallest absolute Gasteiger partial charge is 0.228 e. The van der Waals surface area contributed by atoms with Gasteiger partial charge in [0.2, 0.25) is 11.8 Å². The molecule has 2 aliphatic rings. The molecule has 1 saturated heterocycles. The molecule has 0 unspecified atom stereocenters. The number of pyridine rings is 1. The first-order valence-electron chi connectivity index (χ1n) is 10.3. The maximum absolute atomic E-state index is 12.8. The van der Waals surface area contributed by atoms with E-state index in [4.69, 9.17) is 32.7 Å². The van der Waals surface area contributed by atoms with E-state index in [1.807, 2.05) is 6.07 Å². The molecule has 4 rings (SSSR count). The van der Waals surface area contributed by atoms with Crippen molar-refractivity contribution in [2.24, 2.45) is 5.92 Å². The molecule has 0 aliphatic carbocycles. The topological polar surface area (TPSA) is 80.8 Å². The van der Waals surface area contributed by atoms with Crippen LogP contribution in [0, 0.1) is 5.92 Å². The molecule has 1 aromatic heterocycles. The Balaban J connectivity index is 1.31. The van der Waals surface area contributed by atoms with Gasteiger partial charge in [-0.05, 0) is 42.7 Å². The second-order valence-electron chi connectivity index (χ2n) is 7.64. The number of hydrogen-bond donors (Lipinski definition) is 1. The van der Waals surface area contributed by atoms with Gasteiger partial charge in [0.25, 0.3) is 0 Å². The average Bonchev–Trinajstić information content (AvgIpc) is 3.01. The molecule has 0 saturated carbocycles. The van der Waals surface area contributed by atoms with Crippen LogP contribution in [0.1, 0.15) is 24.8 Å². The van der Waals surface area contributed by atoms with Crippen LogP contribution in [0.3, 0.4) is 0 Å². The lowest BCUT2D eigenvalue weighted by Gasteiger charge is -2.31. The van der Waals surface area contributed by atoms with E-state index in [-0.39, 0.29) is 24.2 Å². The van der Waals surface area contributed by atoms with Crippen molar-refractivity contribution >= 4 is 40.8 Å². The molecule has 2 amide bonds. The zero-order chi connectivity index (χ0) is 21.8. The Bertz CT molecular complexity index is 960. The highest BCUT2D eigenvalue weighted by Crippen LogP contribution is 2.38. The van der Waals surface area contributed by atoms with Crippen LogP contribution in [-0.4, -0.2) is 48.0 Å². The summed E-state index contributed by atoms with van der Waals surface area (Å²) in [5.41, 5.74) is 0.785. The van der Waals surface area contributed by atoms with Gasteiger partial charge in [0, 0.05) is 31.6 Å². The molecule has 164 valence electrons. The number of ether oxygens (including phenoxy) is 2. The number of anilines is 1. The fraction of sp³-hybridized carbons (Fsp3) is 0.409. The summed E-state index contributed by atoms with van der Waals surface area (Å²) in [6, 6.07) is 6.92. The standard InChI is InChI=1S/C22H23Cl2N3O4/c23-16-2-3-19(25-13-16)26-22(29)15-4-6-27(7-5-15)20(28)12-14-10-17(24)21-18(11-14)30-8-1-9-31-21/h2-3,10-11,13,15H,1,4-9,12H2,(H,25,26,29). The third-order valence-electron chi connectivity index (χ3n) is 5.41. The lowest BCUT2D eigenvalue weighted by molar-refractivity contribution is -0.133. The van der Waals surface area contributed by atoms with Gasteiger partial charge < -0.3 is 19.7 Å². The van der Waals surface area contributed by atoms with Gasteiger partial charge in [-0.1, -0.05) is 23.2 Å². The summed E-state index contributed by atoms with van der Waals surface area (Å²) >= 11 is 12.1. The van der Waals surface area contributed by atoms with E-state index in [0.29, 0.717) is 66.5 Å². The van der Waals surface area contributed by atoms with Gasteiger partial charge in [0.15, 0.2) is 11.5 Å². The Morgan fingerprint density at radius 1 is 1.13 bits per heavy atom. The molecule has 1 aromatic carbocycles. The number of benzene rings is 1. The second kappa shape index (κ2) is 9.75. The number of fused-ring (bicyclic) bond motifs is 1. The van der Waals surface area contributed by atoms with Gasteiger partial charge in [-0.3, -0.25) is 9.59 Å². The van der Waals surface area contributed by atoms with E-state index in [0.717, 1.165) is 12.0 Å². The van der Waals surface area contributed by atoms with Crippen molar-refractivity contribution in [1.82, 2.24) is 9.88 Å². The molecule has 2 aliphatic heterocycles. The molecular formula is C22H23Cl2N3O4. The third kappa shape index (κ3) is 5.40. The summed E-state index contributed by atoms with van der Waals surface area (Å²) in [6.07, 6.45) is 3.71. The number of nitrogens with one attached hydrogen (secondary N) is 1. The maximum atomic E-state index is 12.8. The number of likely N-dealkylation sites (tertiary alicyclic amines) is 1. The van der Waals surface area contributed by atoms with Crippen LogP contribution in [0.25, 0.3) is 0 Å². The number of piperidine rings is 1. The Morgan fingerprint density at radius 2 is 1.90 bits per heavy atom. The largest absolute Gasteiger partial charge is 0.489 e. The number of carbonyl (C=O) groups is 2. The number of nitrogens with zero attached hydrogens (tertiary/aromatic N) is 2. The van der Waals surface area contributed by atoms with E-state index in [9.17, 15) is 9.59 Å². The number of rotatable bonds is 4. The number of hydrogen-bond acceptors (Lipinski definition) is 5. The lowest BCUT2D eigenvalue weighted by Crippen LogP contribution is -2.42. The Labute approximate surface area is 190 Å². The number of carbonyl (C=O) groups excluding carboxylic acids is 2. The molecule has 7 nitrogen and oxygen atoms in total. The number of amides is 2. The minimum absolute atomic E-state index is 0.00350. The van der Waals surface area contributed by atoms with Crippen molar-refractivity contribution in [2.45, 2.75) is 25.7 Å². The monoisotopic (exact) mass is 463 g/mol. The summed E-state index contributed by atoms with van der Waals surface area (Å²) in [7, 11) is 0. The van der Waals surface area contributed by atoms with Crippen LogP contribution in [0.2, 0.25) is 10.0 Å². The fourth-order valence-electron chi connectivity index (χ4n) is 3.74. The van der Waals surface area contributed by atoms with Crippen molar-refractivity contribution in [1.29, 1.82) is 0 Å². The van der Waals surface area contributed by atoms with E-state index >= 15 is 0 Å². The summed E-state index contributed by atoms with van der Waals surface area (Å²) in [5.74, 6) is 1.35. The zero-order valence-corrected chi connectivity index (χ0v) is 18.4. The molecule has 0 bridgehead atoms. The number of aromatic nitrogens is 1. The van der Waals surface area contributed by atoms with Crippen LogP contribution in [0.15, 0.2) is 30.5 Å². The average molecular weight is 464 g/mol. The van der Waals surface area contributed by atoms with Crippen molar-refractivity contribution in [3.63, 3.8) is 0 Å². The van der Waals surface area contributed by atoms with Crippen molar-refractivity contribution < 1.29 is 19.1 Å². The summed E-state index contributed by atoms with van der Waals surface area (Å²) in [4.78, 5) is 31.2. The third-order valence-corrected chi connectivity index (χ3v) is 5.92. The first-order valence-corrected chi connectivity index (χ1v) is 11.0. The summed E-state index contributed by atoms with van der Waals surface area (Å²) in [5, 5.41) is 3.78. The molecule has 31 heavy (non-hydrogen) atoms. The Hall–Kier alpha value is -2.51. The summed E-state index contributed by atoms with van der Waals surface area (Å²) < 4.78 is 11.3. The van der Waals surface area contributed by atoms with Gasteiger partial charge in [-0.15, -0.1) is 0 Å². The molecule has 1 N–H and O–H groups in total. The van der Waals surface area contributed by atoms with Crippen LogP contribution >= 0.6 is 23.2 Å². The molecule has 0 spiro atoms. The molecule has 0 radical (unpaired) electrons. The van der Waals surface area contributed by atoms with E-state index < -0.39 is 0 Å². The van der Waals surface area contributed by atoms with Crippen LogP contribution in [0.5, 0.6) is 11.5 Å². The van der Waals surface area contributed by atoms with Gasteiger partial charge in [-0.2, -0.15) is 0 Å². The highest BCUT2D eigenvalue weighted by atomic mass is 35.5. The molecule has 1 fully saturated rings. The van der Waals surface area contributed by atoms with E-state index in [1.54, 1.807) is 23.1 Å². The van der Waals surface area contributed by atoms with Gasteiger partial charge in [0.1, 0.15) is 5.82 Å². The lowest BCUT2D eigenvalue weighted by atomic mass is 9.95. The molecule has 2 aromatic rings. The molecule has 9 heteroatoms. The summed E-state index contributed by atoms with van der Waals surface area (Å²) in [6.45, 7) is 2.18. The van der Waals surface area contributed by atoms with Crippen LogP contribution in [0.4, 0.5) is 5.82 Å². The predicted octanol–water partition coefficient (Wildman–Crippen LogP) is 3.97. The first kappa shape index (κ1) is 21.7. The SMILES string of the molecule is O=C(Nc1ccc(Cl)cn1)C1CCN(C(=O)Cc2cc(Cl)c3c(c2)OCCCO3)CC1. The molecular weight excluding hydrogens is 441 g/mol. The van der Waals surface area contributed by atoms with E-state index in [1.165, 1.54) is 6.20 Å². The highest BCUT2D eigenvalue weighted by Gasteiger charge is 2.28. The quantitative estimate of drug-likeness (QED) is 0.741. The maximum Gasteiger partial charge on any atom is 0.228 e. The van der Waals surface area contributed by atoms with Gasteiger partial charge >= 0.3 is 0 Å². The van der Waals surface area contributed by atoms with Crippen LogP contribution in [-0.2, 0) is 16.0 Å².